The maximum atomic E-state index is 11.9. The first-order valence-corrected chi connectivity index (χ1v) is 20.3. The second-order valence-corrected chi connectivity index (χ2v) is 13.9. The van der Waals surface area contributed by atoms with Crippen molar-refractivity contribution in [3.63, 3.8) is 0 Å². The number of carbonyl (C=O) groups excluding carboxylic acids is 4. The van der Waals surface area contributed by atoms with Gasteiger partial charge in [-0.05, 0) is 121 Å². The highest BCUT2D eigenvalue weighted by molar-refractivity contribution is 5.91. The molecule has 19 nitrogen and oxygen atoms in total. The minimum Gasteiger partial charge on any atom is -0.423 e. The van der Waals surface area contributed by atoms with E-state index in [9.17, 15) is 19.2 Å². The van der Waals surface area contributed by atoms with Gasteiger partial charge in [0.05, 0.1) is 0 Å². The van der Waals surface area contributed by atoms with E-state index < -0.39 is 17.9 Å². The Bertz CT molecular complexity index is 2610. The summed E-state index contributed by atoms with van der Waals surface area (Å²) in [4.78, 5) is 74.3. The molecule has 0 spiro atoms. The van der Waals surface area contributed by atoms with Gasteiger partial charge in [0, 0.05) is 58.8 Å². The fourth-order valence-corrected chi connectivity index (χ4v) is 5.77. The van der Waals surface area contributed by atoms with Crippen LogP contribution in [0.25, 0.3) is 0 Å². The number of esters is 3. The second kappa shape index (κ2) is 22.0. The van der Waals surface area contributed by atoms with Crippen molar-refractivity contribution in [2.75, 3.05) is 31.9 Å². The average molecular weight is 909 g/mol. The molecule has 0 aliphatic rings. The number of anilines is 12. The molecule has 0 saturated heterocycles. The van der Waals surface area contributed by atoms with Crippen molar-refractivity contribution in [3.8, 4) is 17.2 Å². The van der Waals surface area contributed by atoms with E-state index in [4.69, 9.17) is 14.2 Å². The summed E-state index contributed by atoms with van der Waals surface area (Å²) in [6.45, 7) is 13.8. The lowest BCUT2D eigenvalue weighted by atomic mass is 10.1. The highest BCUT2D eigenvalue weighted by Crippen LogP contribution is 2.27. The van der Waals surface area contributed by atoms with E-state index in [1.165, 1.54) is 6.08 Å². The zero-order chi connectivity index (χ0) is 47.8. The number of hydrogen-bond acceptors (Lipinski definition) is 19. The van der Waals surface area contributed by atoms with Gasteiger partial charge in [0.2, 0.25) is 35.7 Å². The lowest BCUT2D eigenvalue weighted by Gasteiger charge is -2.13. The van der Waals surface area contributed by atoms with Crippen molar-refractivity contribution in [1.82, 2.24) is 29.9 Å². The maximum Gasteiger partial charge on any atom is 0.335 e. The first kappa shape index (κ1) is 46.0. The molecule has 0 aliphatic carbocycles. The minimum atomic E-state index is -0.588. The van der Waals surface area contributed by atoms with Gasteiger partial charge in [0.15, 0.2) is 5.78 Å². The summed E-state index contributed by atoms with van der Waals surface area (Å²) < 4.78 is 15.5. The predicted molar refractivity (Wildman–Crippen MR) is 258 cm³/mol. The summed E-state index contributed by atoms with van der Waals surface area (Å²) in [6.07, 6.45) is 4.73. The Morgan fingerprint density at radius 3 is 0.794 bits per heavy atom. The van der Waals surface area contributed by atoms with Crippen LogP contribution in [0, 0.1) is 0 Å². The highest BCUT2D eigenvalue weighted by Gasteiger charge is 2.13. The molecule has 7 aromatic rings. The van der Waals surface area contributed by atoms with E-state index in [-0.39, 0.29) is 47.9 Å². The molecule has 0 unspecified atom stereocenters. The molecule has 0 amide bonds. The monoisotopic (exact) mass is 908 g/mol. The molecule has 0 atom stereocenters. The Morgan fingerprint density at radius 2 is 0.574 bits per heavy atom. The van der Waals surface area contributed by atoms with Crippen LogP contribution < -0.4 is 46.1 Å². The number of rotatable bonds is 21. The van der Waals surface area contributed by atoms with Crippen LogP contribution in [0.2, 0.25) is 0 Å². The Hall–Kier alpha value is -10.0. The predicted octanol–water partition coefficient (Wildman–Crippen LogP) is 9.09. The van der Waals surface area contributed by atoms with Gasteiger partial charge in [0.1, 0.15) is 17.2 Å². The number of ketones is 1. The number of aromatic nitrogens is 6. The highest BCUT2D eigenvalue weighted by atomic mass is 16.5. The lowest BCUT2D eigenvalue weighted by molar-refractivity contribution is -0.129. The van der Waals surface area contributed by atoms with Gasteiger partial charge in [-0.3, -0.25) is 4.79 Å². The van der Waals surface area contributed by atoms with E-state index in [2.05, 4.69) is 88.1 Å². The summed E-state index contributed by atoms with van der Waals surface area (Å²) in [6, 6.07) is 34.2. The van der Waals surface area contributed by atoms with Crippen LogP contribution in [-0.4, -0.2) is 53.6 Å². The molecule has 2 heterocycles. The van der Waals surface area contributed by atoms with E-state index in [0.29, 0.717) is 51.4 Å². The Balaban J connectivity index is 1.10. The fraction of sp³-hybridized carbons (Fsp3) is 0.0204. The smallest absolute Gasteiger partial charge is 0.335 e. The van der Waals surface area contributed by atoms with Crippen molar-refractivity contribution in [2.45, 2.75) is 6.42 Å². The van der Waals surface area contributed by atoms with Crippen LogP contribution in [0.5, 0.6) is 17.2 Å². The first-order chi connectivity index (χ1) is 33.0. The Kier molecular flexibility index (Phi) is 14.9. The van der Waals surface area contributed by atoms with Crippen LogP contribution >= 0.6 is 0 Å². The van der Waals surface area contributed by atoms with Crippen LogP contribution in [0.15, 0.2) is 172 Å². The molecule has 0 fully saturated rings. The van der Waals surface area contributed by atoms with Crippen LogP contribution in [0.1, 0.15) is 5.56 Å². The summed E-state index contributed by atoms with van der Waals surface area (Å²) in [5, 5.41) is 19.1. The van der Waals surface area contributed by atoms with Crippen LogP contribution in [0.3, 0.4) is 0 Å². The van der Waals surface area contributed by atoms with E-state index >= 15 is 0 Å². The summed E-state index contributed by atoms with van der Waals surface area (Å²) in [5.74, 6) is 0.232. The van der Waals surface area contributed by atoms with E-state index in [1.807, 2.05) is 12.1 Å². The molecule has 5 aromatic carbocycles. The largest absolute Gasteiger partial charge is 0.423 e. The summed E-state index contributed by atoms with van der Waals surface area (Å²) in [7, 11) is 0. The lowest BCUT2D eigenvalue weighted by Crippen LogP contribution is -2.08. The Labute approximate surface area is 388 Å². The van der Waals surface area contributed by atoms with Gasteiger partial charge in [-0.15, -0.1) is 0 Å². The van der Waals surface area contributed by atoms with Gasteiger partial charge in [-0.1, -0.05) is 38.4 Å². The number of carbonyl (C=O) groups is 4. The molecule has 7 rings (SSSR count). The van der Waals surface area contributed by atoms with Crippen molar-refractivity contribution in [1.29, 1.82) is 0 Å². The van der Waals surface area contributed by atoms with Gasteiger partial charge in [0.25, 0.3) is 0 Å². The third kappa shape index (κ3) is 13.5. The Morgan fingerprint density at radius 1 is 0.353 bits per heavy atom. The van der Waals surface area contributed by atoms with E-state index in [1.54, 1.807) is 109 Å². The van der Waals surface area contributed by atoms with Gasteiger partial charge in [-0.25, -0.2) is 14.4 Å². The molecular weight excluding hydrogens is 869 g/mol. The molecule has 6 N–H and O–H groups in total. The van der Waals surface area contributed by atoms with Gasteiger partial charge < -0.3 is 46.1 Å². The molecule has 0 saturated carbocycles. The third-order valence-corrected chi connectivity index (χ3v) is 8.97. The second-order valence-electron chi connectivity index (χ2n) is 13.9. The van der Waals surface area contributed by atoms with Crippen LogP contribution in [0.4, 0.5) is 69.8 Å². The normalized spacial score (nSPS) is 10.3. The van der Waals surface area contributed by atoms with Crippen molar-refractivity contribution in [2.24, 2.45) is 0 Å². The zero-order valence-corrected chi connectivity index (χ0v) is 35.9. The van der Waals surface area contributed by atoms with Crippen molar-refractivity contribution >= 4 is 93.5 Å². The van der Waals surface area contributed by atoms with E-state index in [0.717, 1.165) is 23.8 Å². The number of nitrogens with zero attached hydrogens (tertiary/aromatic N) is 6. The molecule has 0 bridgehead atoms. The number of ether oxygens (including phenoxy) is 3. The maximum absolute atomic E-state index is 11.9. The minimum absolute atomic E-state index is 0.0916. The summed E-state index contributed by atoms with van der Waals surface area (Å²) >= 11 is 0. The van der Waals surface area contributed by atoms with Crippen LogP contribution in [-0.2, 0) is 25.6 Å². The SMILES string of the molecule is C=CC(=O)Cc1ccc(Nc2nc(Nc3ccc(Nc4nc(Nc5ccc(OC(=O)C=C)cc5)nc(Nc5ccc(OC(=O)C=C)cc5)n4)cc3)nc(Nc3ccc(OC(=O)C=C)cc3)n2)cc1. The molecular formula is C49H40N12O7. The molecule has 2 aromatic heterocycles. The number of nitrogens with one attached hydrogen (secondary N) is 6. The number of hydrogen-bond donors (Lipinski definition) is 6. The molecule has 68 heavy (non-hydrogen) atoms. The summed E-state index contributed by atoms with van der Waals surface area (Å²) in [5.41, 5.74) is 4.49. The average Bonchev–Trinajstić information content (AvgIpc) is 3.34. The van der Waals surface area contributed by atoms with Gasteiger partial charge in [-0.2, -0.15) is 29.9 Å². The number of benzene rings is 5. The molecule has 338 valence electrons. The first-order valence-electron chi connectivity index (χ1n) is 20.3. The molecule has 0 aliphatic heterocycles. The van der Waals surface area contributed by atoms with Gasteiger partial charge >= 0.3 is 17.9 Å². The third-order valence-electron chi connectivity index (χ3n) is 8.97. The van der Waals surface area contributed by atoms with Crippen molar-refractivity contribution < 1.29 is 33.4 Å². The molecule has 19 heteroatoms. The standard InChI is InChI=1S/C49H40N12O7/c1-5-37(62)29-30-9-11-31(12-10-30)50-44-56-45(58-47(57-44)53-34-17-23-38(24-18-34)66-41(63)6-2)51-32-13-15-33(16-14-32)52-46-59-48(54-35-19-25-39(26-20-35)67-42(64)7-3)61-49(60-46)55-36-21-27-40(28-22-36)68-43(65)8-4/h5-28H,1-4,29H2,(H3,50,51,53,56,57,58)(H3,52,54,55,59,60,61). The van der Waals surface area contributed by atoms with Crippen molar-refractivity contribution in [3.05, 3.63) is 178 Å². The topological polar surface area (TPSA) is 245 Å². The number of allylic oxidation sites excluding steroid dienone is 1. The fourth-order valence-electron chi connectivity index (χ4n) is 5.77. The quantitative estimate of drug-likeness (QED) is 0.0223. The molecule has 0 radical (unpaired) electrons. The zero-order valence-electron chi connectivity index (χ0n) is 35.9.